The van der Waals surface area contributed by atoms with Gasteiger partial charge in [-0.25, -0.2) is 4.98 Å². The van der Waals surface area contributed by atoms with Crippen molar-refractivity contribution >= 4 is 23.5 Å². The van der Waals surface area contributed by atoms with Gasteiger partial charge in [0.1, 0.15) is 5.82 Å². The van der Waals surface area contributed by atoms with E-state index in [1.54, 1.807) is 6.20 Å². The highest BCUT2D eigenvalue weighted by Gasteiger charge is 2.18. The molecule has 2 rings (SSSR count). The lowest BCUT2D eigenvalue weighted by atomic mass is 10.1. The van der Waals surface area contributed by atoms with Gasteiger partial charge < -0.3 is 10.6 Å². The lowest BCUT2D eigenvalue weighted by Crippen LogP contribution is -2.38. The summed E-state index contributed by atoms with van der Waals surface area (Å²) in [6.45, 7) is 2.92. The molecule has 0 bridgehead atoms. The SMILES string of the molecule is CCCNc1ncccc1C(=O)NC1CCCSC1. The molecule has 1 aromatic rings. The number of hydrogen-bond donors (Lipinski definition) is 2. The first-order valence-electron chi connectivity index (χ1n) is 6.88. The Morgan fingerprint density at radius 1 is 1.58 bits per heavy atom. The molecular weight excluding hydrogens is 258 g/mol. The molecule has 0 aliphatic carbocycles. The van der Waals surface area contributed by atoms with Crippen LogP contribution in [-0.4, -0.2) is 35.0 Å². The number of nitrogens with zero attached hydrogens (tertiary/aromatic N) is 1. The van der Waals surface area contributed by atoms with Crippen molar-refractivity contribution in [3.63, 3.8) is 0 Å². The standard InChI is InChI=1S/C14H21N3OS/c1-2-7-15-13-12(6-3-8-16-13)14(18)17-11-5-4-9-19-10-11/h3,6,8,11H,2,4-5,7,9-10H2,1H3,(H,15,16)(H,17,18). The molecule has 1 amide bonds. The Kier molecular flexibility index (Phi) is 5.51. The molecule has 1 aliphatic heterocycles. The number of pyridine rings is 1. The van der Waals surface area contributed by atoms with Crippen molar-refractivity contribution in [2.24, 2.45) is 0 Å². The first-order chi connectivity index (χ1) is 9.31. The van der Waals surface area contributed by atoms with Crippen LogP contribution in [0.1, 0.15) is 36.5 Å². The number of carbonyl (C=O) groups excluding carboxylic acids is 1. The molecule has 19 heavy (non-hydrogen) atoms. The summed E-state index contributed by atoms with van der Waals surface area (Å²) < 4.78 is 0. The fourth-order valence-electron chi connectivity index (χ4n) is 2.09. The molecule has 1 fully saturated rings. The number of anilines is 1. The van der Waals surface area contributed by atoms with E-state index in [-0.39, 0.29) is 5.91 Å². The summed E-state index contributed by atoms with van der Waals surface area (Å²) in [6, 6.07) is 3.93. The molecule has 1 aromatic heterocycles. The van der Waals surface area contributed by atoms with Crippen molar-refractivity contribution < 1.29 is 4.79 Å². The van der Waals surface area contributed by atoms with E-state index in [0.717, 1.165) is 25.1 Å². The van der Waals surface area contributed by atoms with Crippen LogP contribution in [0.2, 0.25) is 0 Å². The molecule has 2 N–H and O–H groups in total. The molecular formula is C14H21N3OS. The van der Waals surface area contributed by atoms with Crippen molar-refractivity contribution in [1.29, 1.82) is 0 Å². The van der Waals surface area contributed by atoms with Gasteiger partial charge in [0.2, 0.25) is 0 Å². The predicted octanol–water partition coefficient (Wildman–Crippen LogP) is 2.53. The molecule has 104 valence electrons. The summed E-state index contributed by atoms with van der Waals surface area (Å²) in [4.78, 5) is 16.5. The highest BCUT2D eigenvalue weighted by atomic mass is 32.2. The van der Waals surface area contributed by atoms with Crippen LogP contribution in [0.3, 0.4) is 0 Å². The quantitative estimate of drug-likeness (QED) is 0.869. The highest BCUT2D eigenvalue weighted by Crippen LogP contribution is 2.18. The van der Waals surface area contributed by atoms with Gasteiger partial charge in [-0.1, -0.05) is 6.92 Å². The van der Waals surface area contributed by atoms with Gasteiger partial charge in [0.05, 0.1) is 5.56 Å². The molecule has 1 aliphatic rings. The molecule has 0 aromatic carbocycles. The summed E-state index contributed by atoms with van der Waals surface area (Å²) in [6.07, 6.45) is 4.99. The molecule has 1 saturated heterocycles. The molecule has 0 radical (unpaired) electrons. The first kappa shape index (κ1) is 14.2. The number of amides is 1. The van der Waals surface area contributed by atoms with Crippen LogP contribution in [0.5, 0.6) is 0 Å². The van der Waals surface area contributed by atoms with Gasteiger partial charge in [-0.3, -0.25) is 4.79 Å². The topological polar surface area (TPSA) is 54.0 Å². The minimum Gasteiger partial charge on any atom is -0.369 e. The molecule has 2 heterocycles. The van der Waals surface area contributed by atoms with E-state index >= 15 is 0 Å². The van der Waals surface area contributed by atoms with Gasteiger partial charge in [-0.15, -0.1) is 0 Å². The van der Waals surface area contributed by atoms with E-state index in [2.05, 4.69) is 22.5 Å². The zero-order chi connectivity index (χ0) is 13.5. The normalized spacial score (nSPS) is 18.9. The molecule has 1 unspecified atom stereocenters. The van der Waals surface area contributed by atoms with Crippen molar-refractivity contribution in [3.8, 4) is 0 Å². The van der Waals surface area contributed by atoms with Crippen LogP contribution in [-0.2, 0) is 0 Å². The Hall–Kier alpha value is -1.23. The maximum absolute atomic E-state index is 12.3. The Balaban J connectivity index is 2.00. The zero-order valence-corrected chi connectivity index (χ0v) is 12.1. The van der Waals surface area contributed by atoms with Gasteiger partial charge in [-0.2, -0.15) is 11.8 Å². The van der Waals surface area contributed by atoms with E-state index < -0.39 is 0 Å². The summed E-state index contributed by atoms with van der Waals surface area (Å²) >= 11 is 1.91. The lowest BCUT2D eigenvalue weighted by Gasteiger charge is -2.22. The lowest BCUT2D eigenvalue weighted by molar-refractivity contribution is 0.0939. The number of nitrogens with one attached hydrogen (secondary N) is 2. The number of carbonyl (C=O) groups is 1. The van der Waals surface area contributed by atoms with E-state index in [9.17, 15) is 4.79 Å². The van der Waals surface area contributed by atoms with Crippen LogP contribution < -0.4 is 10.6 Å². The zero-order valence-electron chi connectivity index (χ0n) is 11.3. The van der Waals surface area contributed by atoms with Gasteiger partial charge in [0.25, 0.3) is 5.91 Å². The number of rotatable bonds is 5. The van der Waals surface area contributed by atoms with E-state index in [1.165, 1.54) is 12.2 Å². The van der Waals surface area contributed by atoms with Gasteiger partial charge >= 0.3 is 0 Å². The van der Waals surface area contributed by atoms with E-state index in [0.29, 0.717) is 17.4 Å². The number of hydrogen-bond acceptors (Lipinski definition) is 4. The summed E-state index contributed by atoms with van der Waals surface area (Å²) in [5, 5.41) is 6.32. The fourth-order valence-corrected chi connectivity index (χ4v) is 3.16. The van der Waals surface area contributed by atoms with E-state index in [1.807, 2.05) is 23.9 Å². The summed E-state index contributed by atoms with van der Waals surface area (Å²) in [7, 11) is 0. The Bertz CT molecular complexity index is 419. The second-order valence-electron chi connectivity index (χ2n) is 4.71. The van der Waals surface area contributed by atoms with Crippen LogP contribution >= 0.6 is 11.8 Å². The summed E-state index contributed by atoms with van der Waals surface area (Å²) in [5.41, 5.74) is 0.645. The fraction of sp³-hybridized carbons (Fsp3) is 0.571. The maximum atomic E-state index is 12.3. The Morgan fingerprint density at radius 2 is 2.47 bits per heavy atom. The average molecular weight is 279 g/mol. The Morgan fingerprint density at radius 3 is 3.21 bits per heavy atom. The third-order valence-electron chi connectivity index (χ3n) is 3.09. The minimum atomic E-state index is -0.0146. The summed E-state index contributed by atoms with van der Waals surface area (Å²) in [5.74, 6) is 2.90. The van der Waals surface area contributed by atoms with Crippen LogP contribution in [0, 0.1) is 0 Å². The van der Waals surface area contributed by atoms with Crippen molar-refractivity contribution in [2.75, 3.05) is 23.4 Å². The smallest absolute Gasteiger partial charge is 0.255 e. The number of thioether (sulfide) groups is 1. The second-order valence-corrected chi connectivity index (χ2v) is 5.86. The molecule has 1 atom stereocenters. The van der Waals surface area contributed by atoms with Crippen molar-refractivity contribution in [3.05, 3.63) is 23.9 Å². The average Bonchev–Trinajstić information content (AvgIpc) is 2.46. The van der Waals surface area contributed by atoms with Crippen molar-refractivity contribution in [1.82, 2.24) is 10.3 Å². The third-order valence-corrected chi connectivity index (χ3v) is 4.31. The van der Waals surface area contributed by atoms with Gasteiger partial charge in [0, 0.05) is 24.5 Å². The molecule has 0 spiro atoms. The van der Waals surface area contributed by atoms with E-state index in [4.69, 9.17) is 0 Å². The van der Waals surface area contributed by atoms with Crippen LogP contribution in [0.15, 0.2) is 18.3 Å². The maximum Gasteiger partial charge on any atom is 0.255 e. The predicted molar refractivity (Wildman–Crippen MR) is 80.8 cm³/mol. The highest BCUT2D eigenvalue weighted by molar-refractivity contribution is 7.99. The van der Waals surface area contributed by atoms with Gasteiger partial charge in [-0.05, 0) is 37.1 Å². The monoisotopic (exact) mass is 279 g/mol. The first-order valence-corrected chi connectivity index (χ1v) is 8.04. The third kappa shape index (κ3) is 4.13. The van der Waals surface area contributed by atoms with Crippen molar-refractivity contribution in [2.45, 2.75) is 32.2 Å². The molecule has 4 nitrogen and oxygen atoms in total. The Labute approximate surface area is 118 Å². The van der Waals surface area contributed by atoms with Gasteiger partial charge in [0.15, 0.2) is 0 Å². The number of aromatic nitrogens is 1. The molecule has 0 saturated carbocycles. The second kappa shape index (κ2) is 7.38. The van der Waals surface area contributed by atoms with Crippen LogP contribution in [0.25, 0.3) is 0 Å². The van der Waals surface area contributed by atoms with Crippen LogP contribution in [0.4, 0.5) is 5.82 Å². The minimum absolute atomic E-state index is 0.0146. The molecule has 5 heteroatoms. The largest absolute Gasteiger partial charge is 0.369 e.